The van der Waals surface area contributed by atoms with Crippen molar-refractivity contribution in [2.45, 2.75) is 45.1 Å². The van der Waals surface area contributed by atoms with Crippen molar-refractivity contribution >= 4 is 12.0 Å². The molecule has 1 saturated heterocycles. The third-order valence-electron chi connectivity index (χ3n) is 3.51. The van der Waals surface area contributed by atoms with Crippen LogP contribution >= 0.6 is 0 Å². The van der Waals surface area contributed by atoms with Gasteiger partial charge in [0.1, 0.15) is 5.54 Å². The molecule has 1 heterocycles. The van der Waals surface area contributed by atoms with Gasteiger partial charge in [-0.1, -0.05) is 13.3 Å². The van der Waals surface area contributed by atoms with Crippen LogP contribution in [-0.4, -0.2) is 52.6 Å². The third-order valence-corrected chi connectivity index (χ3v) is 3.51. The smallest absolute Gasteiger partial charge is 0.329 e. The van der Waals surface area contributed by atoms with Gasteiger partial charge in [-0.25, -0.2) is 9.59 Å². The Hall–Kier alpha value is -1.26. The fourth-order valence-corrected chi connectivity index (χ4v) is 2.19. The van der Waals surface area contributed by atoms with Gasteiger partial charge in [-0.15, -0.1) is 0 Å². The number of likely N-dealkylation sites (tertiary alicyclic amines) is 1. The van der Waals surface area contributed by atoms with Gasteiger partial charge in [0.2, 0.25) is 0 Å². The van der Waals surface area contributed by atoms with Crippen LogP contribution in [-0.2, 0) is 4.79 Å². The minimum atomic E-state index is -1.03. The molecule has 5 nitrogen and oxygen atoms in total. The highest BCUT2D eigenvalue weighted by Gasteiger charge is 2.46. The van der Waals surface area contributed by atoms with Crippen LogP contribution in [0, 0.1) is 0 Å². The Kier molecular flexibility index (Phi) is 4.37. The van der Waals surface area contributed by atoms with Crippen LogP contribution in [0.2, 0.25) is 0 Å². The Morgan fingerprint density at radius 3 is 2.65 bits per heavy atom. The lowest BCUT2D eigenvalue weighted by Crippen LogP contribution is -2.54. The van der Waals surface area contributed by atoms with Gasteiger partial charge >= 0.3 is 12.0 Å². The highest BCUT2D eigenvalue weighted by atomic mass is 16.4. The highest BCUT2D eigenvalue weighted by molar-refractivity contribution is 5.86. The number of carbonyl (C=O) groups is 2. The van der Waals surface area contributed by atoms with Gasteiger partial charge in [0, 0.05) is 20.1 Å². The summed E-state index contributed by atoms with van der Waals surface area (Å²) in [6.45, 7) is 4.92. The van der Waals surface area contributed by atoms with Gasteiger partial charge in [0.25, 0.3) is 0 Å². The summed E-state index contributed by atoms with van der Waals surface area (Å²) < 4.78 is 0. The average Bonchev–Trinajstić information content (AvgIpc) is 2.68. The maximum Gasteiger partial charge on any atom is 0.329 e. The zero-order valence-electron chi connectivity index (χ0n) is 10.9. The molecule has 1 N–H and O–H groups in total. The van der Waals surface area contributed by atoms with E-state index < -0.39 is 11.5 Å². The van der Waals surface area contributed by atoms with Gasteiger partial charge in [-0.3, -0.25) is 0 Å². The van der Waals surface area contributed by atoms with Gasteiger partial charge in [0.05, 0.1) is 0 Å². The van der Waals surface area contributed by atoms with Gasteiger partial charge < -0.3 is 14.9 Å². The zero-order chi connectivity index (χ0) is 13.1. The van der Waals surface area contributed by atoms with E-state index in [1.807, 2.05) is 0 Å². The number of hydrogen-bond donors (Lipinski definition) is 1. The standard InChI is InChI=1S/C12H22N2O3/c1-4-5-8-13(3)11(17)14-9-6-7-12(14,2)10(15)16/h4-9H2,1-3H3,(H,15,16). The fraction of sp³-hybridized carbons (Fsp3) is 0.833. The number of hydrogen-bond acceptors (Lipinski definition) is 2. The lowest BCUT2D eigenvalue weighted by atomic mass is 10.00. The molecular formula is C12H22N2O3. The summed E-state index contributed by atoms with van der Waals surface area (Å²) in [4.78, 5) is 26.5. The van der Waals surface area contributed by atoms with Gasteiger partial charge in [0.15, 0.2) is 0 Å². The largest absolute Gasteiger partial charge is 0.480 e. The molecule has 1 aliphatic rings. The minimum absolute atomic E-state index is 0.166. The van der Waals surface area contributed by atoms with Crippen molar-refractivity contribution in [2.75, 3.05) is 20.1 Å². The molecule has 1 rings (SSSR count). The number of nitrogens with zero attached hydrogens (tertiary/aromatic N) is 2. The molecule has 0 aliphatic carbocycles. The first-order valence-corrected chi connectivity index (χ1v) is 6.19. The monoisotopic (exact) mass is 242 g/mol. The van der Waals surface area contributed by atoms with Crippen molar-refractivity contribution in [3.05, 3.63) is 0 Å². The maximum absolute atomic E-state index is 12.2. The van der Waals surface area contributed by atoms with Crippen LogP contribution < -0.4 is 0 Å². The number of unbranched alkanes of at least 4 members (excludes halogenated alkanes) is 1. The minimum Gasteiger partial charge on any atom is -0.480 e. The Morgan fingerprint density at radius 1 is 1.47 bits per heavy atom. The number of rotatable bonds is 4. The number of carboxylic acid groups (broad SMARTS) is 1. The molecular weight excluding hydrogens is 220 g/mol. The van der Waals surface area contributed by atoms with Crippen LogP contribution in [0.1, 0.15) is 39.5 Å². The van der Waals surface area contributed by atoms with Crippen molar-refractivity contribution in [3.63, 3.8) is 0 Å². The second-order valence-electron chi connectivity index (χ2n) is 4.89. The Morgan fingerprint density at radius 2 is 2.12 bits per heavy atom. The van der Waals surface area contributed by atoms with E-state index in [0.717, 1.165) is 19.3 Å². The van der Waals surface area contributed by atoms with Crippen LogP contribution in [0.4, 0.5) is 4.79 Å². The second-order valence-corrected chi connectivity index (χ2v) is 4.89. The first kappa shape index (κ1) is 13.8. The molecule has 0 saturated carbocycles. The van der Waals surface area contributed by atoms with E-state index in [9.17, 15) is 14.7 Å². The van der Waals surface area contributed by atoms with Crippen molar-refractivity contribution < 1.29 is 14.7 Å². The Balaban J connectivity index is 2.71. The lowest BCUT2D eigenvalue weighted by molar-refractivity contribution is -0.147. The van der Waals surface area contributed by atoms with Crippen molar-refractivity contribution in [1.82, 2.24) is 9.80 Å². The molecule has 0 aromatic carbocycles. The Bertz CT molecular complexity index is 306. The van der Waals surface area contributed by atoms with Crippen LogP contribution in [0.15, 0.2) is 0 Å². The molecule has 1 unspecified atom stereocenters. The fourth-order valence-electron chi connectivity index (χ4n) is 2.19. The van der Waals surface area contributed by atoms with E-state index in [1.54, 1.807) is 18.9 Å². The summed E-state index contributed by atoms with van der Waals surface area (Å²) in [7, 11) is 1.73. The van der Waals surface area contributed by atoms with Gasteiger partial charge in [-0.05, 0) is 26.2 Å². The molecule has 2 amide bonds. The van der Waals surface area contributed by atoms with E-state index in [1.165, 1.54) is 4.90 Å². The topological polar surface area (TPSA) is 60.9 Å². The number of carboxylic acids is 1. The molecule has 1 aliphatic heterocycles. The molecule has 0 spiro atoms. The van der Waals surface area contributed by atoms with Crippen molar-refractivity contribution in [2.24, 2.45) is 0 Å². The molecule has 5 heteroatoms. The SMILES string of the molecule is CCCCN(C)C(=O)N1CCCC1(C)C(=O)O. The Labute approximate surface area is 102 Å². The van der Waals surface area contributed by atoms with Gasteiger partial charge in [-0.2, -0.15) is 0 Å². The summed E-state index contributed by atoms with van der Waals surface area (Å²) in [5.74, 6) is -0.910. The molecule has 0 aromatic heterocycles. The molecule has 0 bridgehead atoms. The summed E-state index contributed by atoms with van der Waals surface area (Å²) in [6, 6.07) is -0.166. The van der Waals surface area contributed by atoms with E-state index in [-0.39, 0.29) is 6.03 Å². The van der Waals surface area contributed by atoms with Crippen LogP contribution in [0.5, 0.6) is 0 Å². The number of urea groups is 1. The molecule has 0 radical (unpaired) electrons. The third kappa shape index (κ3) is 2.70. The molecule has 98 valence electrons. The van der Waals surface area contributed by atoms with Crippen molar-refractivity contribution in [3.8, 4) is 0 Å². The number of amides is 2. The van der Waals surface area contributed by atoms with E-state index in [2.05, 4.69) is 6.92 Å². The molecule has 17 heavy (non-hydrogen) atoms. The van der Waals surface area contributed by atoms with Crippen LogP contribution in [0.3, 0.4) is 0 Å². The summed E-state index contributed by atoms with van der Waals surface area (Å²) in [5.41, 5.74) is -1.03. The summed E-state index contributed by atoms with van der Waals surface area (Å²) in [5, 5.41) is 9.24. The summed E-state index contributed by atoms with van der Waals surface area (Å²) in [6.07, 6.45) is 3.26. The summed E-state index contributed by atoms with van der Waals surface area (Å²) >= 11 is 0. The molecule has 1 fully saturated rings. The first-order valence-electron chi connectivity index (χ1n) is 6.19. The predicted molar refractivity (Wildman–Crippen MR) is 64.9 cm³/mol. The molecule has 1 atom stereocenters. The average molecular weight is 242 g/mol. The maximum atomic E-state index is 12.2. The van der Waals surface area contributed by atoms with E-state index in [4.69, 9.17) is 0 Å². The lowest BCUT2D eigenvalue weighted by Gasteiger charge is -2.34. The number of aliphatic carboxylic acids is 1. The van der Waals surface area contributed by atoms with E-state index >= 15 is 0 Å². The first-order chi connectivity index (χ1) is 7.93. The molecule has 0 aromatic rings. The van der Waals surface area contributed by atoms with E-state index in [0.29, 0.717) is 19.5 Å². The number of carbonyl (C=O) groups excluding carboxylic acids is 1. The highest BCUT2D eigenvalue weighted by Crippen LogP contribution is 2.30. The normalized spacial score (nSPS) is 23.8. The predicted octanol–water partition coefficient (Wildman–Crippen LogP) is 1.78. The quantitative estimate of drug-likeness (QED) is 0.817. The second kappa shape index (κ2) is 5.38. The van der Waals surface area contributed by atoms with Crippen molar-refractivity contribution in [1.29, 1.82) is 0 Å². The zero-order valence-corrected chi connectivity index (χ0v) is 10.9. The van der Waals surface area contributed by atoms with Crippen LogP contribution in [0.25, 0.3) is 0 Å².